The Balaban J connectivity index is 2.18. The highest BCUT2D eigenvalue weighted by Gasteiger charge is 2.24. The van der Waals surface area contributed by atoms with Gasteiger partial charge < -0.3 is 10.6 Å². The third kappa shape index (κ3) is 2.20. The Morgan fingerprint density at radius 1 is 1.56 bits per heavy atom. The van der Waals surface area contributed by atoms with Crippen molar-refractivity contribution in [3.63, 3.8) is 0 Å². The van der Waals surface area contributed by atoms with Gasteiger partial charge in [0.1, 0.15) is 0 Å². The van der Waals surface area contributed by atoms with E-state index in [0.29, 0.717) is 17.1 Å². The topological polar surface area (TPSA) is 46.3 Å². The van der Waals surface area contributed by atoms with Crippen LogP contribution in [0.4, 0.5) is 0 Å². The van der Waals surface area contributed by atoms with Crippen LogP contribution in [0.5, 0.6) is 0 Å². The van der Waals surface area contributed by atoms with Crippen LogP contribution >= 0.6 is 11.6 Å². The lowest BCUT2D eigenvalue weighted by Gasteiger charge is -2.16. The lowest BCUT2D eigenvalue weighted by Crippen LogP contribution is -2.31. The van der Waals surface area contributed by atoms with Crippen molar-refractivity contribution in [2.75, 3.05) is 13.1 Å². The van der Waals surface area contributed by atoms with Crippen LogP contribution in [0.25, 0.3) is 0 Å². The maximum absolute atomic E-state index is 12.1. The van der Waals surface area contributed by atoms with Crippen LogP contribution in [0.1, 0.15) is 22.3 Å². The van der Waals surface area contributed by atoms with Gasteiger partial charge in [-0.1, -0.05) is 17.7 Å². The van der Waals surface area contributed by atoms with Gasteiger partial charge in [0.05, 0.1) is 0 Å². The summed E-state index contributed by atoms with van der Waals surface area (Å²) in [5.41, 5.74) is 7.40. The maximum Gasteiger partial charge on any atom is 0.253 e. The molecule has 0 aromatic heterocycles. The molecule has 1 heterocycles. The minimum atomic E-state index is 0.0230. The number of amides is 1. The molecule has 1 saturated heterocycles. The quantitative estimate of drug-likeness (QED) is 0.811. The molecule has 1 unspecified atom stereocenters. The summed E-state index contributed by atoms with van der Waals surface area (Å²) in [6.07, 6.45) is 0.880. The van der Waals surface area contributed by atoms with Crippen LogP contribution in [-0.4, -0.2) is 29.9 Å². The molecule has 1 aromatic carbocycles. The minimum Gasteiger partial charge on any atom is -0.337 e. The van der Waals surface area contributed by atoms with Crippen LogP contribution in [0, 0.1) is 6.92 Å². The molecular formula is C12H15ClN2O. The Morgan fingerprint density at radius 2 is 2.31 bits per heavy atom. The zero-order valence-electron chi connectivity index (χ0n) is 9.24. The lowest BCUT2D eigenvalue weighted by molar-refractivity contribution is 0.0791. The molecule has 2 rings (SSSR count). The second-order valence-corrected chi connectivity index (χ2v) is 4.67. The first-order chi connectivity index (χ1) is 7.58. The highest BCUT2D eigenvalue weighted by Crippen LogP contribution is 2.19. The minimum absolute atomic E-state index is 0.0230. The second kappa shape index (κ2) is 4.44. The molecule has 2 N–H and O–H groups in total. The third-order valence-corrected chi connectivity index (χ3v) is 3.34. The number of nitrogens with two attached hydrogens (primary N) is 1. The van der Waals surface area contributed by atoms with E-state index in [1.165, 1.54) is 0 Å². The molecule has 3 nitrogen and oxygen atoms in total. The second-order valence-electron chi connectivity index (χ2n) is 4.26. The summed E-state index contributed by atoms with van der Waals surface area (Å²) in [5, 5.41) is 0.634. The van der Waals surface area contributed by atoms with Crippen molar-refractivity contribution in [3.05, 3.63) is 34.3 Å². The highest BCUT2D eigenvalue weighted by atomic mass is 35.5. The average Bonchev–Trinajstić information content (AvgIpc) is 2.68. The fourth-order valence-corrected chi connectivity index (χ4v) is 2.06. The van der Waals surface area contributed by atoms with Crippen LogP contribution in [-0.2, 0) is 0 Å². The van der Waals surface area contributed by atoms with Crippen LogP contribution in [0.3, 0.4) is 0 Å². The molecule has 0 radical (unpaired) electrons. The molecule has 1 aromatic rings. The molecule has 0 saturated carbocycles. The molecule has 16 heavy (non-hydrogen) atoms. The molecule has 1 amide bonds. The van der Waals surface area contributed by atoms with Crippen molar-refractivity contribution < 1.29 is 4.79 Å². The smallest absolute Gasteiger partial charge is 0.253 e. The van der Waals surface area contributed by atoms with Gasteiger partial charge in [-0.25, -0.2) is 0 Å². The van der Waals surface area contributed by atoms with Gasteiger partial charge >= 0.3 is 0 Å². The summed E-state index contributed by atoms with van der Waals surface area (Å²) < 4.78 is 0. The van der Waals surface area contributed by atoms with E-state index in [0.717, 1.165) is 18.5 Å². The maximum atomic E-state index is 12.1. The van der Waals surface area contributed by atoms with Gasteiger partial charge in [0.15, 0.2) is 0 Å². The predicted octanol–water partition coefficient (Wildman–Crippen LogP) is 1.82. The van der Waals surface area contributed by atoms with E-state index in [4.69, 9.17) is 17.3 Å². The predicted molar refractivity (Wildman–Crippen MR) is 64.7 cm³/mol. The molecule has 0 spiro atoms. The first-order valence-electron chi connectivity index (χ1n) is 5.39. The fraction of sp³-hybridized carbons (Fsp3) is 0.417. The summed E-state index contributed by atoms with van der Waals surface area (Å²) in [4.78, 5) is 13.9. The molecular weight excluding hydrogens is 224 g/mol. The zero-order chi connectivity index (χ0) is 11.7. The normalized spacial score (nSPS) is 20.2. The number of nitrogens with zero attached hydrogens (tertiary/aromatic N) is 1. The van der Waals surface area contributed by atoms with Crippen molar-refractivity contribution in [1.29, 1.82) is 0 Å². The van der Waals surface area contributed by atoms with Gasteiger partial charge in [0.25, 0.3) is 5.91 Å². The molecule has 86 valence electrons. The van der Waals surface area contributed by atoms with Gasteiger partial charge in [-0.15, -0.1) is 0 Å². The summed E-state index contributed by atoms with van der Waals surface area (Å²) in [6.45, 7) is 3.30. The van der Waals surface area contributed by atoms with E-state index in [9.17, 15) is 4.79 Å². The molecule has 1 aliphatic rings. The summed E-state index contributed by atoms with van der Waals surface area (Å²) in [5.74, 6) is 0.0230. The number of hydrogen-bond donors (Lipinski definition) is 1. The summed E-state index contributed by atoms with van der Waals surface area (Å²) in [6, 6.07) is 5.52. The van der Waals surface area contributed by atoms with Gasteiger partial charge in [0, 0.05) is 29.7 Å². The van der Waals surface area contributed by atoms with E-state index in [2.05, 4.69) is 0 Å². The zero-order valence-corrected chi connectivity index (χ0v) is 10.00. The number of aryl methyl sites for hydroxylation is 1. The van der Waals surface area contributed by atoms with Crippen molar-refractivity contribution in [2.24, 2.45) is 5.73 Å². The first kappa shape index (κ1) is 11.4. The van der Waals surface area contributed by atoms with Crippen LogP contribution < -0.4 is 5.73 Å². The summed E-state index contributed by atoms with van der Waals surface area (Å²) in [7, 11) is 0. The average molecular weight is 239 g/mol. The number of benzene rings is 1. The molecule has 1 aliphatic heterocycles. The molecule has 0 aliphatic carbocycles. The number of carbonyl (C=O) groups excluding carboxylic acids is 1. The van der Waals surface area contributed by atoms with E-state index >= 15 is 0 Å². The lowest BCUT2D eigenvalue weighted by atomic mass is 10.1. The SMILES string of the molecule is Cc1ccc(C(=O)N2CCC(N)C2)cc1Cl. The van der Waals surface area contributed by atoms with Crippen LogP contribution in [0.2, 0.25) is 5.02 Å². The third-order valence-electron chi connectivity index (χ3n) is 2.93. The number of carbonyl (C=O) groups is 1. The molecule has 4 heteroatoms. The van der Waals surface area contributed by atoms with Crippen molar-refractivity contribution in [2.45, 2.75) is 19.4 Å². The highest BCUT2D eigenvalue weighted by molar-refractivity contribution is 6.31. The number of hydrogen-bond acceptors (Lipinski definition) is 2. The van der Waals surface area contributed by atoms with Gasteiger partial charge in [-0.3, -0.25) is 4.79 Å². The van der Waals surface area contributed by atoms with Gasteiger partial charge in [-0.05, 0) is 31.0 Å². The number of rotatable bonds is 1. The molecule has 1 atom stereocenters. The van der Waals surface area contributed by atoms with Crippen LogP contribution in [0.15, 0.2) is 18.2 Å². The molecule has 1 fully saturated rings. The Morgan fingerprint density at radius 3 is 2.88 bits per heavy atom. The van der Waals surface area contributed by atoms with Crippen molar-refractivity contribution in [1.82, 2.24) is 4.90 Å². The standard InChI is InChI=1S/C12H15ClN2O/c1-8-2-3-9(6-11(8)13)12(16)15-5-4-10(14)7-15/h2-3,6,10H,4-5,7,14H2,1H3. The Kier molecular flexibility index (Phi) is 3.17. The first-order valence-corrected chi connectivity index (χ1v) is 5.76. The Labute approximate surface area is 100 Å². The van der Waals surface area contributed by atoms with Crippen molar-refractivity contribution >= 4 is 17.5 Å². The van der Waals surface area contributed by atoms with Crippen molar-refractivity contribution in [3.8, 4) is 0 Å². The van der Waals surface area contributed by atoms with E-state index in [-0.39, 0.29) is 11.9 Å². The Hall–Kier alpha value is -1.06. The van der Waals surface area contributed by atoms with Gasteiger partial charge in [-0.2, -0.15) is 0 Å². The van der Waals surface area contributed by atoms with Gasteiger partial charge in [0.2, 0.25) is 0 Å². The largest absolute Gasteiger partial charge is 0.337 e. The monoisotopic (exact) mass is 238 g/mol. The summed E-state index contributed by atoms with van der Waals surface area (Å²) >= 11 is 6.00. The number of likely N-dealkylation sites (tertiary alicyclic amines) is 1. The fourth-order valence-electron chi connectivity index (χ4n) is 1.88. The van der Waals surface area contributed by atoms with E-state index < -0.39 is 0 Å². The van der Waals surface area contributed by atoms with E-state index in [1.54, 1.807) is 11.0 Å². The number of halogens is 1. The molecule has 0 bridgehead atoms. The van der Waals surface area contributed by atoms with E-state index in [1.807, 2.05) is 19.1 Å². The Bertz CT molecular complexity index is 419.